The summed E-state index contributed by atoms with van der Waals surface area (Å²) in [5.41, 5.74) is 2.26. The van der Waals surface area contributed by atoms with Gasteiger partial charge in [0.05, 0.1) is 5.97 Å². The molecule has 3 rings (SSSR count). The Bertz CT molecular complexity index is 837. The van der Waals surface area contributed by atoms with E-state index in [2.05, 4.69) is 0 Å². The summed E-state index contributed by atoms with van der Waals surface area (Å²) in [5, 5.41) is 11.0. The van der Waals surface area contributed by atoms with Crippen molar-refractivity contribution in [1.29, 1.82) is 0 Å². The SMILES string of the molecule is Cc1cccc2c1C(=O)c1c(C)cc(C(=O)[O-])cc1C2=O.[Y]. The van der Waals surface area contributed by atoms with Gasteiger partial charge in [0.15, 0.2) is 11.6 Å². The van der Waals surface area contributed by atoms with Crippen molar-refractivity contribution < 1.29 is 52.2 Å². The molecule has 1 aliphatic carbocycles. The van der Waals surface area contributed by atoms with Crippen LogP contribution in [0.1, 0.15) is 53.3 Å². The molecule has 0 amide bonds. The summed E-state index contributed by atoms with van der Waals surface area (Å²) >= 11 is 0. The zero-order valence-electron chi connectivity index (χ0n) is 12.1. The number of carboxylic acids is 1. The Labute approximate surface area is 152 Å². The molecule has 0 N–H and O–H groups in total. The summed E-state index contributed by atoms with van der Waals surface area (Å²) in [6.07, 6.45) is 0. The smallest absolute Gasteiger partial charge is 0.195 e. The average Bonchev–Trinajstić information content (AvgIpc) is 2.43. The fourth-order valence-corrected chi connectivity index (χ4v) is 2.81. The second kappa shape index (κ2) is 5.86. The van der Waals surface area contributed by atoms with Gasteiger partial charge in [-0.25, -0.2) is 0 Å². The first-order chi connectivity index (χ1) is 9.91. The van der Waals surface area contributed by atoms with Crippen molar-refractivity contribution in [2.75, 3.05) is 0 Å². The third-order valence-corrected chi connectivity index (χ3v) is 3.79. The number of carbonyl (C=O) groups excluding carboxylic acids is 3. The topological polar surface area (TPSA) is 74.3 Å². The van der Waals surface area contributed by atoms with Gasteiger partial charge in [-0.2, -0.15) is 0 Å². The number of benzene rings is 2. The van der Waals surface area contributed by atoms with Gasteiger partial charge in [0.1, 0.15) is 0 Å². The van der Waals surface area contributed by atoms with E-state index < -0.39 is 5.97 Å². The molecule has 0 saturated heterocycles. The van der Waals surface area contributed by atoms with Gasteiger partial charge in [-0.3, -0.25) is 9.59 Å². The fraction of sp³-hybridized carbons (Fsp3) is 0.118. The minimum absolute atomic E-state index is 0. The molecule has 5 heteroatoms. The van der Waals surface area contributed by atoms with Gasteiger partial charge in [0, 0.05) is 55.0 Å². The summed E-state index contributed by atoms with van der Waals surface area (Å²) in [6.45, 7) is 3.40. The molecule has 0 heterocycles. The zero-order chi connectivity index (χ0) is 15.3. The molecule has 22 heavy (non-hydrogen) atoms. The number of rotatable bonds is 1. The summed E-state index contributed by atoms with van der Waals surface area (Å²) < 4.78 is 0. The van der Waals surface area contributed by atoms with Gasteiger partial charge < -0.3 is 9.90 Å². The summed E-state index contributed by atoms with van der Waals surface area (Å²) in [5.74, 6) is -1.93. The van der Waals surface area contributed by atoms with E-state index >= 15 is 0 Å². The van der Waals surface area contributed by atoms with Gasteiger partial charge in [-0.15, -0.1) is 0 Å². The predicted octanol–water partition coefficient (Wildman–Crippen LogP) is 1.44. The molecule has 0 saturated carbocycles. The summed E-state index contributed by atoms with van der Waals surface area (Å²) in [7, 11) is 0. The van der Waals surface area contributed by atoms with Crippen molar-refractivity contribution in [3.8, 4) is 0 Å². The van der Waals surface area contributed by atoms with E-state index in [0.717, 1.165) is 5.56 Å². The maximum absolute atomic E-state index is 12.7. The van der Waals surface area contributed by atoms with Crippen LogP contribution in [0.3, 0.4) is 0 Å². The molecular formula is C17H11O4Y-. The average molecular weight is 368 g/mol. The number of fused-ring (bicyclic) bond motifs is 2. The minimum atomic E-state index is -1.36. The Morgan fingerprint density at radius 3 is 2.18 bits per heavy atom. The predicted molar refractivity (Wildman–Crippen MR) is 73.6 cm³/mol. The molecule has 1 radical (unpaired) electrons. The molecule has 0 fully saturated rings. The normalized spacial score (nSPS) is 12.3. The Morgan fingerprint density at radius 1 is 0.909 bits per heavy atom. The van der Waals surface area contributed by atoms with Crippen molar-refractivity contribution in [3.63, 3.8) is 0 Å². The molecular weight excluding hydrogens is 357 g/mol. The van der Waals surface area contributed by atoms with E-state index in [-0.39, 0.29) is 61.0 Å². The quantitative estimate of drug-likeness (QED) is 0.652. The number of carbonyl (C=O) groups is 3. The number of hydrogen-bond donors (Lipinski definition) is 0. The van der Waals surface area contributed by atoms with Crippen LogP contribution in [0, 0.1) is 13.8 Å². The standard InChI is InChI=1S/C17H12O4.Y/c1-8-4-3-5-11-13(8)16(19)14-9(2)6-10(17(20)21)7-12(14)15(11)18;/h3-7H,1-2H3,(H,20,21);/p-1. The molecule has 0 atom stereocenters. The van der Waals surface area contributed by atoms with Crippen LogP contribution in [0.2, 0.25) is 0 Å². The molecule has 0 aliphatic heterocycles. The molecule has 4 nitrogen and oxygen atoms in total. The van der Waals surface area contributed by atoms with E-state index in [0.29, 0.717) is 16.7 Å². The van der Waals surface area contributed by atoms with Gasteiger partial charge in [-0.1, -0.05) is 18.2 Å². The van der Waals surface area contributed by atoms with E-state index in [1.807, 2.05) is 0 Å². The monoisotopic (exact) mass is 368 g/mol. The first kappa shape index (κ1) is 16.7. The molecule has 0 aromatic heterocycles. The number of carboxylic acid groups (broad SMARTS) is 1. The first-order valence-corrected chi connectivity index (χ1v) is 6.47. The van der Waals surface area contributed by atoms with E-state index in [9.17, 15) is 19.5 Å². The molecule has 0 unspecified atom stereocenters. The second-order valence-electron chi connectivity index (χ2n) is 5.16. The third-order valence-electron chi connectivity index (χ3n) is 3.79. The Balaban J connectivity index is 0.00000176. The van der Waals surface area contributed by atoms with Gasteiger partial charge in [0.25, 0.3) is 0 Å². The largest absolute Gasteiger partial charge is 0.545 e. The maximum Gasteiger partial charge on any atom is 0.195 e. The van der Waals surface area contributed by atoms with E-state index in [1.54, 1.807) is 32.0 Å². The number of ketones is 2. The van der Waals surface area contributed by atoms with Crippen molar-refractivity contribution in [3.05, 3.63) is 69.3 Å². The van der Waals surface area contributed by atoms with Crippen LogP contribution in [-0.2, 0) is 32.7 Å². The third kappa shape index (κ3) is 2.36. The molecule has 2 aromatic rings. The van der Waals surface area contributed by atoms with E-state index in [1.165, 1.54) is 12.1 Å². The summed E-state index contributed by atoms with van der Waals surface area (Å²) in [4.78, 5) is 36.2. The fourth-order valence-electron chi connectivity index (χ4n) is 2.81. The van der Waals surface area contributed by atoms with Crippen LogP contribution in [0.15, 0.2) is 30.3 Å². The minimum Gasteiger partial charge on any atom is -0.545 e. The van der Waals surface area contributed by atoms with Gasteiger partial charge in [0.2, 0.25) is 0 Å². The number of hydrogen-bond acceptors (Lipinski definition) is 4. The van der Waals surface area contributed by atoms with Crippen molar-refractivity contribution >= 4 is 17.5 Å². The van der Waals surface area contributed by atoms with Crippen molar-refractivity contribution in [1.82, 2.24) is 0 Å². The molecule has 0 bridgehead atoms. The second-order valence-corrected chi connectivity index (χ2v) is 5.16. The summed E-state index contributed by atoms with van der Waals surface area (Å²) in [6, 6.07) is 7.66. The van der Waals surface area contributed by atoms with Crippen LogP contribution in [-0.4, -0.2) is 17.5 Å². The van der Waals surface area contributed by atoms with Crippen molar-refractivity contribution in [2.45, 2.75) is 13.8 Å². The van der Waals surface area contributed by atoms with Gasteiger partial charge in [-0.05, 0) is 42.7 Å². The number of aromatic carboxylic acids is 1. The van der Waals surface area contributed by atoms with E-state index in [4.69, 9.17) is 0 Å². The Hall–Kier alpha value is -1.65. The van der Waals surface area contributed by atoms with Crippen LogP contribution in [0.5, 0.6) is 0 Å². The van der Waals surface area contributed by atoms with Crippen LogP contribution >= 0.6 is 0 Å². The number of aryl methyl sites for hydroxylation is 2. The zero-order valence-corrected chi connectivity index (χ0v) is 14.9. The van der Waals surface area contributed by atoms with Crippen LogP contribution < -0.4 is 5.11 Å². The molecule has 107 valence electrons. The van der Waals surface area contributed by atoms with Crippen molar-refractivity contribution in [2.24, 2.45) is 0 Å². The van der Waals surface area contributed by atoms with Crippen LogP contribution in [0.4, 0.5) is 0 Å². The Morgan fingerprint density at radius 2 is 1.55 bits per heavy atom. The molecule has 1 aliphatic rings. The molecule has 0 spiro atoms. The first-order valence-electron chi connectivity index (χ1n) is 6.47. The maximum atomic E-state index is 12.7. The van der Waals surface area contributed by atoms with Gasteiger partial charge >= 0.3 is 0 Å². The Kier molecular flexibility index (Phi) is 4.45. The molecule has 2 aromatic carbocycles. The van der Waals surface area contributed by atoms with Crippen LogP contribution in [0.25, 0.3) is 0 Å².